The minimum atomic E-state index is -1.82. The molecule has 0 spiro atoms. The molecule has 1 aromatic heterocycles. The fourth-order valence-corrected chi connectivity index (χ4v) is 6.09. The van der Waals surface area contributed by atoms with Crippen molar-refractivity contribution in [2.45, 2.75) is 25.5 Å². The second-order valence-corrected chi connectivity index (χ2v) is 11.3. The lowest BCUT2D eigenvalue weighted by Crippen LogP contribution is -2.45. The molecule has 9 nitrogen and oxygen atoms in total. The molecule has 42 heavy (non-hydrogen) atoms. The van der Waals surface area contributed by atoms with Crippen LogP contribution in [0.4, 0.5) is 9.52 Å². The van der Waals surface area contributed by atoms with Gasteiger partial charge in [-0.15, -0.1) is 0 Å². The first-order chi connectivity index (χ1) is 20.3. The third-order valence-electron chi connectivity index (χ3n) is 7.24. The summed E-state index contributed by atoms with van der Waals surface area (Å²) in [5.74, 6) is -1.59. The maximum Gasteiger partial charge on any atom is 0.414 e. The highest BCUT2D eigenvalue weighted by atomic mass is 32.1. The summed E-state index contributed by atoms with van der Waals surface area (Å²) >= 11 is 1.73. The predicted octanol–water partition coefficient (Wildman–Crippen LogP) is 5.15. The highest BCUT2D eigenvalue weighted by molar-refractivity contribution is 7.22. The van der Waals surface area contributed by atoms with E-state index in [1.807, 2.05) is 42.5 Å². The Bertz CT molecular complexity index is 1460. The van der Waals surface area contributed by atoms with Crippen LogP contribution in [-0.2, 0) is 16.1 Å². The number of hydrogen-bond donors (Lipinski definition) is 2. The number of aromatic nitrogens is 1. The number of likely N-dealkylation sites (tertiary alicyclic amines) is 1. The molecule has 2 N–H and O–H groups in total. The van der Waals surface area contributed by atoms with Gasteiger partial charge in [0, 0.05) is 19.6 Å². The molecule has 1 unspecified atom stereocenters. The van der Waals surface area contributed by atoms with E-state index in [-0.39, 0.29) is 11.9 Å². The number of piperidine rings is 1. The van der Waals surface area contributed by atoms with Crippen molar-refractivity contribution in [3.63, 3.8) is 0 Å². The summed E-state index contributed by atoms with van der Waals surface area (Å²) in [5.41, 5.74) is 2.13. The molecule has 4 aromatic rings. The highest BCUT2D eigenvalue weighted by Crippen LogP contribution is 2.33. The zero-order valence-corrected chi connectivity index (χ0v) is 23.7. The first-order valence-electron chi connectivity index (χ1n) is 13.8. The van der Waals surface area contributed by atoms with Crippen LogP contribution in [0, 0.1) is 11.7 Å². The lowest BCUT2D eigenvalue weighted by molar-refractivity contribution is -0.159. The molecule has 220 valence electrons. The number of aliphatic carboxylic acids is 2. The number of para-hydroxylation sites is 3. The van der Waals surface area contributed by atoms with Gasteiger partial charge in [0.2, 0.25) is 0 Å². The number of thiazole rings is 1. The topological polar surface area (TPSA) is 112 Å². The van der Waals surface area contributed by atoms with Crippen molar-refractivity contribution in [1.29, 1.82) is 0 Å². The first-order valence-corrected chi connectivity index (χ1v) is 14.6. The number of nitrogens with zero attached hydrogens (tertiary/aromatic N) is 3. The SMILES string of the molecule is Fc1ccc(CN(CC2CCN(CC3COc4ccccc4O3)CC2)c2nc3ccccc3s2)cc1.O=C(O)C(=O)O. The van der Waals surface area contributed by atoms with E-state index < -0.39 is 11.9 Å². The van der Waals surface area contributed by atoms with Crippen molar-refractivity contribution < 1.29 is 33.7 Å². The molecule has 3 heterocycles. The number of ether oxygens (including phenoxy) is 2. The maximum absolute atomic E-state index is 13.5. The van der Waals surface area contributed by atoms with Crippen LogP contribution in [0.15, 0.2) is 72.8 Å². The van der Waals surface area contributed by atoms with Gasteiger partial charge in [0.25, 0.3) is 0 Å². The summed E-state index contributed by atoms with van der Waals surface area (Å²) in [6.45, 7) is 5.26. The number of hydrogen-bond acceptors (Lipinski definition) is 8. The summed E-state index contributed by atoms with van der Waals surface area (Å²) in [5, 5.41) is 15.8. The number of benzene rings is 3. The fraction of sp³-hybridized carbons (Fsp3) is 0.323. The van der Waals surface area contributed by atoms with Crippen molar-refractivity contribution >= 4 is 38.6 Å². The number of anilines is 1. The number of fused-ring (bicyclic) bond motifs is 2. The fourth-order valence-electron chi connectivity index (χ4n) is 5.12. The maximum atomic E-state index is 13.5. The Labute approximate surface area is 246 Å². The molecule has 3 aromatic carbocycles. The third kappa shape index (κ3) is 7.74. The number of carboxylic acid groups (broad SMARTS) is 2. The summed E-state index contributed by atoms with van der Waals surface area (Å²) in [6.07, 6.45) is 2.33. The van der Waals surface area contributed by atoms with Gasteiger partial charge in [0.05, 0.1) is 10.2 Å². The normalized spacial score (nSPS) is 16.8. The standard InChI is InChI=1S/C29H30FN3O2S.C2H2O4/c30-23-11-9-21(10-12-23)17-33(29-31-25-5-1-4-8-28(25)36-29)18-22-13-15-32(16-14-22)19-24-20-34-26-6-2-3-7-27(26)35-24;3-1(4)2(5)6/h1-12,22,24H,13-20H2;(H,3,4)(H,5,6). The van der Waals surface area contributed by atoms with E-state index in [2.05, 4.69) is 28.0 Å². The van der Waals surface area contributed by atoms with Gasteiger partial charge in [-0.2, -0.15) is 0 Å². The minimum absolute atomic E-state index is 0.0640. The Morgan fingerprint density at radius 2 is 1.62 bits per heavy atom. The number of rotatable bonds is 7. The van der Waals surface area contributed by atoms with Crippen LogP contribution in [0.25, 0.3) is 10.2 Å². The van der Waals surface area contributed by atoms with E-state index in [1.165, 1.54) is 4.70 Å². The van der Waals surface area contributed by atoms with Gasteiger partial charge in [0.15, 0.2) is 16.6 Å². The molecule has 0 aliphatic carbocycles. The van der Waals surface area contributed by atoms with Gasteiger partial charge < -0.3 is 24.6 Å². The first kappa shape index (κ1) is 29.3. The number of carbonyl (C=O) groups is 2. The number of carboxylic acids is 2. The van der Waals surface area contributed by atoms with Crippen molar-refractivity contribution in [3.05, 3.63) is 84.2 Å². The monoisotopic (exact) mass is 593 g/mol. The average Bonchev–Trinajstić information content (AvgIpc) is 3.44. The lowest BCUT2D eigenvalue weighted by Gasteiger charge is -2.37. The molecular formula is C31H32FN3O6S. The molecule has 1 fully saturated rings. The van der Waals surface area contributed by atoms with Crippen molar-refractivity contribution in [1.82, 2.24) is 9.88 Å². The molecule has 1 saturated heterocycles. The predicted molar refractivity (Wildman–Crippen MR) is 158 cm³/mol. The second kappa shape index (κ2) is 13.6. The van der Waals surface area contributed by atoms with Gasteiger partial charge in [-0.1, -0.05) is 47.7 Å². The molecule has 0 amide bonds. The van der Waals surface area contributed by atoms with Gasteiger partial charge >= 0.3 is 11.9 Å². The Morgan fingerprint density at radius 3 is 2.31 bits per heavy atom. The van der Waals surface area contributed by atoms with Crippen molar-refractivity contribution in [3.8, 4) is 11.5 Å². The van der Waals surface area contributed by atoms with Gasteiger partial charge in [-0.05, 0) is 73.8 Å². The van der Waals surface area contributed by atoms with Crippen LogP contribution in [-0.4, -0.2) is 70.9 Å². The Morgan fingerprint density at radius 1 is 0.952 bits per heavy atom. The largest absolute Gasteiger partial charge is 0.486 e. The quantitative estimate of drug-likeness (QED) is 0.281. The third-order valence-corrected chi connectivity index (χ3v) is 8.34. The lowest BCUT2D eigenvalue weighted by atomic mass is 9.96. The van der Waals surface area contributed by atoms with E-state index in [9.17, 15) is 4.39 Å². The van der Waals surface area contributed by atoms with Crippen LogP contribution >= 0.6 is 11.3 Å². The van der Waals surface area contributed by atoms with E-state index in [0.717, 1.165) is 73.3 Å². The molecule has 2 aliphatic rings. The second-order valence-electron chi connectivity index (χ2n) is 10.3. The zero-order chi connectivity index (χ0) is 29.5. The van der Waals surface area contributed by atoms with Crippen LogP contribution in [0.1, 0.15) is 18.4 Å². The zero-order valence-electron chi connectivity index (χ0n) is 22.9. The smallest absolute Gasteiger partial charge is 0.414 e. The summed E-state index contributed by atoms with van der Waals surface area (Å²) in [4.78, 5) is 28.0. The molecule has 0 saturated carbocycles. The average molecular weight is 594 g/mol. The van der Waals surface area contributed by atoms with E-state index in [0.29, 0.717) is 12.5 Å². The highest BCUT2D eigenvalue weighted by Gasteiger charge is 2.27. The van der Waals surface area contributed by atoms with Crippen LogP contribution in [0.5, 0.6) is 11.5 Å². The Hall–Kier alpha value is -4.22. The van der Waals surface area contributed by atoms with E-state index in [1.54, 1.807) is 23.5 Å². The number of halogens is 1. The van der Waals surface area contributed by atoms with Gasteiger partial charge in [0.1, 0.15) is 18.5 Å². The van der Waals surface area contributed by atoms with Gasteiger partial charge in [-0.25, -0.2) is 19.0 Å². The van der Waals surface area contributed by atoms with E-state index >= 15 is 0 Å². The van der Waals surface area contributed by atoms with Crippen LogP contribution < -0.4 is 14.4 Å². The van der Waals surface area contributed by atoms with Crippen LogP contribution in [0.3, 0.4) is 0 Å². The molecule has 11 heteroatoms. The Kier molecular flexibility index (Phi) is 9.50. The molecule has 2 aliphatic heterocycles. The minimum Gasteiger partial charge on any atom is -0.486 e. The molecule has 0 radical (unpaired) electrons. The van der Waals surface area contributed by atoms with Gasteiger partial charge in [-0.3, -0.25) is 4.90 Å². The summed E-state index contributed by atoms with van der Waals surface area (Å²) in [6, 6.07) is 23.0. The molecule has 6 rings (SSSR count). The molecule has 1 atom stereocenters. The summed E-state index contributed by atoms with van der Waals surface area (Å²) in [7, 11) is 0. The van der Waals surface area contributed by atoms with Crippen molar-refractivity contribution in [2.75, 3.05) is 37.7 Å². The Balaban J connectivity index is 0.000000535. The van der Waals surface area contributed by atoms with E-state index in [4.69, 9.17) is 34.3 Å². The molecular weight excluding hydrogens is 561 g/mol. The summed E-state index contributed by atoms with van der Waals surface area (Å²) < 4.78 is 26.8. The van der Waals surface area contributed by atoms with Crippen molar-refractivity contribution in [2.24, 2.45) is 5.92 Å². The molecule has 0 bridgehead atoms. The van der Waals surface area contributed by atoms with Crippen LogP contribution in [0.2, 0.25) is 0 Å².